The van der Waals surface area contributed by atoms with Crippen molar-refractivity contribution >= 4 is 11.6 Å². The molecule has 0 radical (unpaired) electrons. The van der Waals surface area contributed by atoms with Gasteiger partial charge in [-0.15, -0.1) is 0 Å². The van der Waals surface area contributed by atoms with E-state index in [4.69, 9.17) is 11.6 Å². The predicted molar refractivity (Wildman–Crippen MR) is 57.2 cm³/mol. The molecule has 0 saturated carbocycles. The Balaban J connectivity index is 2.58. The van der Waals surface area contributed by atoms with Crippen molar-refractivity contribution in [3.63, 3.8) is 0 Å². The lowest BCUT2D eigenvalue weighted by molar-refractivity contribution is 0.618. The Bertz CT molecular complexity index is 500. The molecular formula is C11H8ClFN2. The molecule has 1 heterocycles. The molecule has 0 spiro atoms. The molecule has 0 saturated heterocycles. The van der Waals surface area contributed by atoms with Gasteiger partial charge in [0, 0.05) is 5.56 Å². The molecule has 15 heavy (non-hydrogen) atoms. The molecule has 4 heteroatoms. The van der Waals surface area contributed by atoms with Crippen LogP contribution in [0.15, 0.2) is 30.5 Å². The van der Waals surface area contributed by atoms with E-state index in [1.54, 1.807) is 6.07 Å². The summed E-state index contributed by atoms with van der Waals surface area (Å²) in [5, 5.41) is 0.0490. The van der Waals surface area contributed by atoms with Crippen LogP contribution in [0.1, 0.15) is 5.56 Å². The van der Waals surface area contributed by atoms with Crippen LogP contribution in [0.4, 0.5) is 4.39 Å². The fourth-order valence-corrected chi connectivity index (χ4v) is 1.47. The minimum Gasteiger partial charge on any atom is -0.223 e. The molecule has 2 aromatic rings. The second-order valence-electron chi connectivity index (χ2n) is 3.21. The molecule has 2 nitrogen and oxygen atoms in total. The molecule has 0 aliphatic carbocycles. The summed E-state index contributed by atoms with van der Waals surface area (Å²) >= 11 is 5.62. The lowest BCUT2D eigenvalue weighted by Crippen LogP contribution is -1.92. The highest BCUT2D eigenvalue weighted by atomic mass is 35.5. The van der Waals surface area contributed by atoms with Gasteiger partial charge in [-0.3, -0.25) is 0 Å². The topological polar surface area (TPSA) is 25.8 Å². The zero-order valence-corrected chi connectivity index (χ0v) is 8.79. The maximum atomic E-state index is 13.4. The monoisotopic (exact) mass is 222 g/mol. The summed E-state index contributed by atoms with van der Waals surface area (Å²) in [7, 11) is 0. The quantitative estimate of drug-likeness (QED) is 0.693. The van der Waals surface area contributed by atoms with Crippen molar-refractivity contribution in [3.05, 3.63) is 47.1 Å². The Hall–Kier alpha value is -1.48. The summed E-state index contributed by atoms with van der Waals surface area (Å²) in [6.07, 6.45) is 1.08. The Morgan fingerprint density at radius 1 is 1.33 bits per heavy atom. The fourth-order valence-electron chi connectivity index (χ4n) is 1.34. The van der Waals surface area contributed by atoms with Crippen LogP contribution in [0.25, 0.3) is 11.3 Å². The van der Waals surface area contributed by atoms with Crippen molar-refractivity contribution in [1.82, 2.24) is 9.97 Å². The van der Waals surface area contributed by atoms with Crippen molar-refractivity contribution in [1.29, 1.82) is 0 Å². The van der Waals surface area contributed by atoms with Crippen molar-refractivity contribution in [2.75, 3.05) is 0 Å². The number of aryl methyl sites for hydroxylation is 1. The maximum absolute atomic E-state index is 13.4. The minimum atomic E-state index is -0.468. The van der Waals surface area contributed by atoms with E-state index < -0.39 is 5.82 Å². The molecule has 0 N–H and O–H groups in total. The first-order valence-electron chi connectivity index (χ1n) is 4.42. The van der Waals surface area contributed by atoms with E-state index in [2.05, 4.69) is 9.97 Å². The van der Waals surface area contributed by atoms with Crippen molar-refractivity contribution < 1.29 is 4.39 Å². The molecule has 0 amide bonds. The van der Waals surface area contributed by atoms with Gasteiger partial charge in [0.15, 0.2) is 5.82 Å². The van der Waals surface area contributed by atoms with Gasteiger partial charge in [0.05, 0.1) is 6.20 Å². The van der Waals surface area contributed by atoms with Crippen LogP contribution in [0.2, 0.25) is 5.28 Å². The molecule has 76 valence electrons. The van der Waals surface area contributed by atoms with Crippen molar-refractivity contribution in [3.8, 4) is 11.3 Å². The van der Waals surface area contributed by atoms with Gasteiger partial charge in [0.2, 0.25) is 5.28 Å². The lowest BCUT2D eigenvalue weighted by atomic mass is 10.1. The molecule has 1 aromatic carbocycles. The Morgan fingerprint density at radius 2 is 2.13 bits per heavy atom. The highest BCUT2D eigenvalue weighted by Crippen LogP contribution is 2.21. The fraction of sp³-hybridized carbons (Fsp3) is 0.0909. The second kappa shape index (κ2) is 3.95. The molecule has 2 rings (SSSR count). The summed E-state index contributed by atoms with van der Waals surface area (Å²) in [5.41, 5.74) is 1.98. The highest BCUT2D eigenvalue weighted by molar-refractivity contribution is 6.28. The maximum Gasteiger partial charge on any atom is 0.223 e. The molecular weight excluding hydrogens is 215 g/mol. The van der Waals surface area contributed by atoms with Gasteiger partial charge in [-0.1, -0.05) is 23.8 Å². The molecule has 0 aliphatic rings. The smallest absolute Gasteiger partial charge is 0.223 e. The summed E-state index contributed by atoms with van der Waals surface area (Å²) in [4.78, 5) is 7.43. The predicted octanol–water partition coefficient (Wildman–Crippen LogP) is 3.24. The van der Waals surface area contributed by atoms with Crippen LogP contribution >= 0.6 is 11.6 Å². The Labute approximate surface area is 91.8 Å². The van der Waals surface area contributed by atoms with Crippen LogP contribution < -0.4 is 0 Å². The minimum absolute atomic E-state index is 0.0490. The van der Waals surface area contributed by atoms with Crippen LogP contribution in [-0.4, -0.2) is 9.97 Å². The largest absolute Gasteiger partial charge is 0.223 e. The Morgan fingerprint density at radius 3 is 2.87 bits per heavy atom. The van der Waals surface area contributed by atoms with Gasteiger partial charge in [-0.25, -0.2) is 14.4 Å². The van der Waals surface area contributed by atoms with Crippen LogP contribution in [-0.2, 0) is 0 Å². The first-order valence-corrected chi connectivity index (χ1v) is 4.79. The van der Waals surface area contributed by atoms with E-state index in [9.17, 15) is 4.39 Å². The first-order chi connectivity index (χ1) is 7.16. The van der Waals surface area contributed by atoms with Gasteiger partial charge in [0.1, 0.15) is 5.69 Å². The molecule has 0 fully saturated rings. The normalized spacial score (nSPS) is 10.3. The van der Waals surface area contributed by atoms with Gasteiger partial charge < -0.3 is 0 Å². The van der Waals surface area contributed by atoms with Crippen LogP contribution in [0.5, 0.6) is 0 Å². The SMILES string of the molecule is Cc1cccc(-c2nc(Cl)ncc2F)c1. The Kier molecular flexibility index (Phi) is 2.64. The van der Waals surface area contributed by atoms with Gasteiger partial charge in [-0.05, 0) is 24.6 Å². The zero-order chi connectivity index (χ0) is 10.8. The third-order valence-electron chi connectivity index (χ3n) is 2.01. The molecule has 1 aromatic heterocycles. The van der Waals surface area contributed by atoms with Crippen LogP contribution in [0, 0.1) is 12.7 Å². The van der Waals surface area contributed by atoms with Gasteiger partial charge >= 0.3 is 0 Å². The van der Waals surface area contributed by atoms with E-state index in [1.165, 1.54) is 0 Å². The van der Waals surface area contributed by atoms with Crippen molar-refractivity contribution in [2.45, 2.75) is 6.92 Å². The average molecular weight is 223 g/mol. The third kappa shape index (κ3) is 2.13. The number of hydrogen-bond acceptors (Lipinski definition) is 2. The standard InChI is InChI=1S/C11H8ClFN2/c1-7-3-2-4-8(5-7)10-9(13)6-14-11(12)15-10/h2-6H,1H3. The summed E-state index contributed by atoms with van der Waals surface area (Å²) in [5.74, 6) is -0.468. The second-order valence-corrected chi connectivity index (χ2v) is 3.54. The lowest BCUT2D eigenvalue weighted by Gasteiger charge is -2.03. The zero-order valence-electron chi connectivity index (χ0n) is 8.04. The number of aromatic nitrogens is 2. The summed E-state index contributed by atoms with van der Waals surface area (Å²) < 4.78 is 13.4. The number of halogens is 2. The van der Waals surface area contributed by atoms with Crippen LogP contribution in [0.3, 0.4) is 0 Å². The van der Waals surface area contributed by atoms with E-state index in [0.717, 1.165) is 11.8 Å². The summed E-state index contributed by atoms with van der Waals surface area (Å²) in [6, 6.07) is 7.42. The number of benzene rings is 1. The number of rotatable bonds is 1. The average Bonchev–Trinajstić information content (AvgIpc) is 2.22. The van der Waals surface area contributed by atoms with Crippen molar-refractivity contribution in [2.24, 2.45) is 0 Å². The number of nitrogens with zero attached hydrogens (tertiary/aromatic N) is 2. The van der Waals surface area contributed by atoms with Gasteiger partial charge in [-0.2, -0.15) is 0 Å². The highest BCUT2D eigenvalue weighted by Gasteiger charge is 2.08. The third-order valence-corrected chi connectivity index (χ3v) is 2.19. The van der Waals surface area contributed by atoms with E-state index in [-0.39, 0.29) is 11.0 Å². The van der Waals surface area contributed by atoms with E-state index in [1.807, 2.05) is 25.1 Å². The van der Waals surface area contributed by atoms with E-state index >= 15 is 0 Å². The molecule has 0 atom stereocenters. The molecule has 0 unspecified atom stereocenters. The summed E-state index contributed by atoms with van der Waals surface area (Å²) in [6.45, 7) is 1.93. The molecule has 0 bridgehead atoms. The van der Waals surface area contributed by atoms with E-state index in [0.29, 0.717) is 5.56 Å². The first kappa shape index (κ1) is 10.1. The number of hydrogen-bond donors (Lipinski definition) is 0. The van der Waals surface area contributed by atoms with Gasteiger partial charge in [0.25, 0.3) is 0 Å². The molecule has 0 aliphatic heterocycles.